The van der Waals surface area contributed by atoms with Gasteiger partial charge in [0.2, 0.25) is 0 Å². The van der Waals surface area contributed by atoms with Crippen LogP contribution in [0.15, 0.2) is 42.5 Å². The Morgan fingerprint density at radius 3 is 2.66 bits per heavy atom. The molecule has 3 aromatic rings. The minimum atomic E-state index is -0.126. The summed E-state index contributed by atoms with van der Waals surface area (Å²) in [5.74, 6) is 1.48. The molecule has 0 fully saturated rings. The van der Waals surface area contributed by atoms with E-state index in [0.29, 0.717) is 24.5 Å². The lowest BCUT2D eigenvalue weighted by atomic mass is 10.1. The number of carbonyl (C=O) groups excluding carboxylic acids is 1. The molecule has 0 atom stereocenters. The average molecular weight is 410 g/mol. The van der Waals surface area contributed by atoms with Gasteiger partial charge in [-0.05, 0) is 48.9 Å². The van der Waals surface area contributed by atoms with E-state index in [9.17, 15) is 4.79 Å². The fourth-order valence-corrected chi connectivity index (χ4v) is 4.47. The summed E-state index contributed by atoms with van der Waals surface area (Å²) in [7, 11) is 3.26. The van der Waals surface area contributed by atoms with Gasteiger partial charge in [0.1, 0.15) is 16.5 Å². The lowest BCUT2D eigenvalue weighted by molar-refractivity contribution is 0.206. The molecule has 2 heterocycles. The molecule has 0 saturated heterocycles. The Balaban J connectivity index is 1.49. The number of rotatable bonds is 4. The van der Waals surface area contributed by atoms with E-state index in [2.05, 4.69) is 5.32 Å². The van der Waals surface area contributed by atoms with Gasteiger partial charge >= 0.3 is 6.03 Å². The number of nitrogens with zero attached hydrogens (tertiary/aromatic N) is 2. The normalized spacial score (nSPS) is 13.0. The molecule has 7 heteroatoms. The molecule has 6 nitrogen and oxygen atoms in total. The molecular formula is C22H23N3O3S. The van der Waals surface area contributed by atoms with Crippen molar-refractivity contribution in [3.8, 4) is 22.1 Å². The lowest BCUT2D eigenvalue weighted by Crippen LogP contribution is -2.38. The van der Waals surface area contributed by atoms with Crippen LogP contribution in [0, 0.1) is 6.92 Å². The molecule has 4 rings (SSSR count). The molecule has 2 aromatic carbocycles. The Hall–Kier alpha value is -3.06. The van der Waals surface area contributed by atoms with E-state index in [1.165, 1.54) is 0 Å². The molecule has 29 heavy (non-hydrogen) atoms. The van der Waals surface area contributed by atoms with Crippen molar-refractivity contribution in [2.45, 2.75) is 19.9 Å². The van der Waals surface area contributed by atoms with Crippen LogP contribution in [0.4, 0.5) is 10.5 Å². The average Bonchev–Trinajstić information content (AvgIpc) is 3.17. The number of thiazole rings is 1. The zero-order valence-electron chi connectivity index (χ0n) is 16.7. The highest BCUT2D eigenvalue weighted by Gasteiger charge is 2.25. The van der Waals surface area contributed by atoms with E-state index in [1.54, 1.807) is 25.6 Å². The first-order valence-corrected chi connectivity index (χ1v) is 10.2. The van der Waals surface area contributed by atoms with Crippen LogP contribution in [0.2, 0.25) is 0 Å². The summed E-state index contributed by atoms with van der Waals surface area (Å²) >= 11 is 1.64. The summed E-state index contributed by atoms with van der Waals surface area (Å²) < 4.78 is 10.6. The van der Waals surface area contributed by atoms with E-state index in [-0.39, 0.29) is 6.03 Å². The number of aromatic nitrogens is 1. The molecule has 1 aromatic heterocycles. The molecule has 0 aliphatic carbocycles. The minimum Gasteiger partial charge on any atom is -0.497 e. The zero-order valence-corrected chi connectivity index (χ0v) is 17.5. The first-order chi connectivity index (χ1) is 14.1. The molecule has 150 valence electrons. The molecule has 0 bridgehead atoms. The summed E-state index contributed by atoms with van der Waals surface area (Å²) in [5, 5.41) is 3.96. The van der Waals surface area contributed by atoms with Crippen LogP contribution in [0.5, 0.6) is 11.5 Å². The highest BCUT2D eigenvalue weighted by atomic mass is 32.1. The highest BCUT2D eigenvalue weighted by molar-refractivity contribution is 7.15. The van der Waals surface area contributed by atoms with Crippen molar-refractivity contribution in [2.24, 2.45) is 0 Å². The van der Waals surface area contributed by atoms with Crippen molar-refractivity contribution in [3.05, 3.63) is 58.6 Å². The standard InChI is InChI=1S/C22H23N3O3S/c1-14-4-9-19(28-3)18(12-14)24-22(26)25-11-10-17-20(13-25)29-21(23-17)15-5-7-16(27-2)8-6-15/h4-9,12H,10-11,13H2,1-3H3,(H,24,26). The Labute approximate surface area is 174 Å². The van der Waals surface area contributed by atoms with E-state index in [0.717, 1.165) is 38.9 Å². The Bertz CT molecular complexity index is 1030. The summed E-state index contributed by atoms with van der Waals surface area (Å²) in [4.78, 5) is 20.6. The number of hydrogen-bond donors (Lipinski definition) is 1. The van der Waals surface area contributed by atoms with E-state index in [1.807, 2.05) is 54.3 Å². The molecule has 1 aliphatic heterocycles. The largest absolute Gasteiger partial charge is 0.497 e. The van der Waals surface area contributed by atoms with E-state index in [4.69, 9.17) is 14.5 Å². The number of fused-ring (bicyclic) bond motifs is 1. The van der Waals surface area contributed by atoms with Gasteiger partial charge in [-0.3, -0.25) is 0 Å². The van der Waals surface area contributed by atoms with Gasteiger partial charge in [-0.15, -0.1) is 11.3 Å². The van der Waals surface area contributed by atoms with Crippen molar-refractivity contribution in [2.75, 3.05) is 26.1 Å². The van der Waals surface area contributed by atoms with Crippen LogP contribution in [0.3, 0.4) is 0 Å². The van der Waals surface area contributed by atoms with Gasteiger partial charge in [0.25, 0.3) is 0 Å². The first kappa shape index (κ1) is 19.3. The number of hydrogen-bond acceptors (Lipinski definition) is 5. The van der Waals surface area contributed by atoms with Crippen LogP contribution in [-0.4, -0.2) is 36.7 Å². The number of aryl methyl sites for hydroxylation is 1. The van der Waals surface area contributed by atoms with E-state index >= 15 is 0 Å². The predicted octanol–water partition coefficient (Wildman–Crippen LogP) is 4.73. The second-order valence-corrected chi connectivity index (χ2v) is 8.01. The lowest BCUT2D eigenvalue weighted by Gasteiger charge is -2.26. The molecule has 0 radical (unpaired) electrons. The third-order valence-electron chi connectivity index (χ3n) is 4.95. The number of benzene rings is 2. The topological polar surface area (TPSA) is 63.7 Å². The number of amides is 2. The molecule has 0 saturated carbocycles. The number of urea groups is 1. The minimum absolute atomic E-state index is 0.126. The van der Waals surface area contributed by atoms with Crippen molar-refractivity contribution in [1.29, 1.82) is 0 Å². The quantitative estimate of drug-likeness (QED) is 0.677. The van der Waals surface area contributed by atoms with Gasteiger partial charge in [0.15, 0.2) is 0 Å². The van der Waals surface area contributed by atoms with Crippen LogP contribution < -0.4 is 14.8 Å². The second kappa shape index (κ2) is 8.13. The number of ether oxygens (including phenoxy) is 2. The molecule has 0 unspecified atom stereocenters. The third-order valence-corrected chi connectivity index (χ3v) is 6.08. The van der Waals surface area contributed by atoms with Gasteiger partial charge < -0.3 is 19.7 Å². The Morgan fingerprint density at radius 1 is 1.14 bits per heavy atom. The highest BCUT2D eigenvalue weighted by Crippen LogP contribution is 2.33. The fraction of sp³-hybridized carbons (Fsp3) is 0.273. The summed E-state index contributed by atoms with van der Waals surface area (Å²) in [5.41, 5.74) is 3.89. The van der Waals surface area contributed by atoms with Gasteiger partial charge in [-0.1, -0.05) is 6.07 Å². The monoisotopic (exact) mass is 409 g/mol. The maximum Gasteiger partial charge on any atom is 0.322 e. The number of nitrogens with one attached hydrogen (secondary N) is 1. The third kappa shape index (κ3) is 4.05. The van der Waals surface area contributed by atoms with Crippen LogP contribution >= 0.6 is 11.3 Å². The van der Waals surface area contributed by atoms with Crippen LogP contribution in [-0.2, 0) is 13.0 Å². The maximum absolute atomic E-state index is 12.8. The van der Waals surface area contributed by atoms with Gasteiger partial charge in [0, 0.05) is 23.4 Å². The fourth-order valence-electron chi connectivity index (χ4n) is 3.34. The summed E-state index contributed by atoms with van der Waals surface area (Å²) in [6, 6.07) is 13.5. The van der Waals surface area contributed by atoms with Gasteiger partial charge in [0.05, 0.1) is 32.1 Å². The zero-order chi connectivity index (χ0) is 20.4. The van der Waals surface area contributed by atoms with Crippen molar-refractivity contribution in [1.82, 2.24) is 9.88 Å². The van der Waals surface area contributed by atoms with Crippen molar-refractivity contribution in [3.63, 3.8) is 0 Å². The van der Waals surface area contributed by atoms with Crippen LogP contribution in [0.25, 0.3) is 10.6 Å². The van der Waals surface area contributed by atoms with Crippen molar-refractivity contribution >= 4 is 23.1 Å². The SMILES string of the molecule is COc1ccc(-c2nc3c(s2)CN(C(=O)Nc2cc(C)ccc2OC)CC3)cc1. The number of anilines is 1. The summed E-state index contributed by atoms with van der Waals surface area (Å²) in [6.45, 7) is 3.18. The smallest absolute Gasteiger partial charge is 0.322 e. The maximum atomic E-state index is 12.8. The Morgan fingerprint density at radius 2 is 1.93 bits per heavy atom. The molecule has 2 amide bonds. The van der Waals surface area contributed by atoms with Gasteiger partial charge in [-0.25, -0.2) is 9.78 Å². The van der Waals surface area contributed by atoms with Crippen LogP contribution in [0.1, 0.15) is 16.1 Å². The molecule has 1 aliphatic rings. The van der Waals surface area contributed by atoms with Crippen molar-refractivity contribution < 1.29 is 14.3 Å². The predicted molar refractivity (Wildman–Crippen MR) is 115 cm³/mol. The number of methoxy groups -OCH3 is 2. The number of carbonyl (C=O) groups is 1. The molecular weight excluding hydrogens is 386 g/mol. The van der Waals surface area contributed by atoms with Gasteiger partial charge in [-0.2, -0.15) is 0 Å². The Kier molecular flexibility index (Phi) is 5.40. The molecule has 0 spiro atoms. The summed E-state index contributed by atoms with van der Waals surface area (Å²) in [6.07, 6.45) is 0.750. The van der Waals surface area contributed by atoms with E-state index < -0.39 is 0 Å². The first-order valence-electron chi connectivity index (χ1n) is 9.41. The second-order valence-electron chi connectivity index (χ2n) is 6.92. The molecule has 1 N–H and O–H groups in total.